The van der Waals surface area contributed by atoms with E-state index in [9.17, 15) is 13.2 Å². The largest absolute Gasteiger partial charge is 0.473 e. The van der Waals surface area contributed by atoms with E-state index in [0.717, 1.165) is 31.7 Å². The Morgan fingerprint density at radius 2 is 1.94 bits per heavy atom. The van der Waals surface area contributed by atoms with Gasteiger partial charge < -0.3 is 10.1 Å². The van der Waals surface area contributed by atoms with Gasteiger partial charge in [-0.25, -0.2) is 4.98 Å². The molecule has 0 amide bonds. The molecule has 1 aromatic rings. The fourth-order valence-electron chi connectivity index (χ4n) is 2.04. The van der Waals surface area contributed by atoms with E-state index >= 15 is 0 Å². The average molecular weight is 260 g/mol. The van der Waals surface area contributed by atoms with Gasteiger partial charge in [-0.1, -0.05) is 0 Å². The molecule has 0 radical (unpaired) electrons. The minimum Gasteiger partial charge on any atom is -0.473 e. The molecule has 1 aliphatic rings. The Balaban J connectivity index is 2.24. The molecule has 1 fully saturated rings. The third-order valence-electron chi connectivity index (χ3n) is 3.00. The molecule has 0 atom stereocenters. The van der Waals surface area contributed by atoms with E-state index < -0.39 is 11.9 Å². The second-order valence-electron chi connectivity index (χ2n) is 4.32. The quantitative estimate of drug-likeness (QED) is 0.903. The molecule has 3 nitrogen and oxygen atoms in total. The maximum absolute atomic E-state index is 12.6. The Kier molecular flexibility index (Phi) is 3.63. The number of ether oxygens (including phenoxy) is 1. The number of aromatic nitrogens is 1. The third-order valence-corrected chi connectivity index (χ3v) is 3.00. The zero-order valence-electron chi connectivity index (χ0n) is 10.0. The van der Waals surface area contributed by atoms with Crippen LogP contribution in [0.3, 0.4) is 0 Å². The zero-order valence-corrected chi connectivity index (χ0v) is 10.0. The summed E-state index contributed by atoms with van der Waals surface area (Å²) in [5.41, 5.74) is -0.440. The Hall–Kier alpha value is -1.46. The van der Waals surface area contributed by atoms with Crippen molar-refractivity contribution in [3.8, 4) is 5.88 Å². The van der Waals surface area contributed by atoms with Crippen LogP contribution in [-0.4, -0.2) is 18.1 Å². The average Bonchev–Trinajstić information content (AvgIpc) is 2.80. The molecule has 0 aromatic carbocycles. The molecule has 18 heavy (non-hydrogen) atoms. The van der Waals surface area contributed by atoms with Gasteiger partial charge in [0.05, 0.1) is 5.69 Å². The van der Waals surface area contributed by atoms with Crippen molar-refractivity contribution in [2.45, 2.75) is 38.0 Å². The first-order valence-electron chi connectivity index (χ1n) is 5.93. The van der Waals surface area contributed by atoms with Crippen molar-refractivity contribution in [3.05, 3.63) is 17.8 Å². The number of hydrogen-bond donors (Lipinski definition) is 1. The summed E-state index contributed by atoms with van der Waals surface area (Å²) in [4.78, 5) is 3.57. The fraction of sp³-hybridized carbons (Fsp3) is 0.583. The SMILES string of the molecule is CNc1ccc(C(F)(F)F)nc1OC1CCCC1. The molecule has 0 aliphatic heterocycles. The van der Waals surface area contributed by atoms with Gasteiger partial charge >= 0.3 is 6.18 Å². The highest BCUT2D eigenvalue weighted by molar-refractivity contribution is 5.52. The number of rotatable bonds is 3. The lowest BCUT2D eigenvalue weighted by Gasteiger charge is -2.16. The molecule has 1 N–H and O–H groups in total. The fourth-order valence-corrected chi connectivity index (χ4v) is 2.04. The monoisotopic (exact) mass is 260 g/mol. The van der Waals surface area contributed by atoms with Crippen molar-refractivity contribution in [2.24, 2.45) is 0 Å². The van der Waals surface area contributed by atoms with E-state index in [0.29, 0.717) is 5.69 Å². The molecule has 0 spiro atoms. The summed E-state index contributed by atoms with van der Waals surface area (Å²) in [5.74, 6) is 0.0409. The van der Waals surface area contributed by atoms with Gasteiger partial charge in [0.15, 0.2) is 0 Å². The van der Waals surface area contributed by atoms with E-state index in [2.05, 4.69) is 10.3 Å². The van der Waals surface area contributed by atoms with Crippen LogP contribution >= 0.6 is 0 Å². The standard InChI is InChI=1S/C12H15F3N2O/c1-16-9-6-7-10(12(13,14)15)17-11(9)18-8-4-2-3-5-8/h6-8,16H,2-5H2,1H3. The van der Waals surface area contributed by atoms with Crippen LogP contribution in [0.1, 0.15) is 31.4 Å². The molecule has 1 aliphatic carbocycles. The lowest BCUT2D eigenvalue weighted by molar-refractivity contribution is -0.141. The van der Waals surface area contributed by atoms with E-state index in [1.54, 1.807) is 7.05 Å². The van der Waals surface area contributed by atoms with Gasteiger partial charge in [0, 0.05) is 7.05 Å². The van der Waals surface area contributed by atoms with Crippen LogP contribution in [0.4, 0.5) is 18.9 Å². The van der Waals surface area contributed by atoms with Gasteiger partial charge in [0.2, 0.25) is 5.88 Å². The Morgan fingerprint density at radius 3 is 2.50 bits per heavy atom. The molecular weight excluding hydrogens is 245 g/mol. The van der Waals surface area contributed by atoms with Crippen molar-refractivity contribution in [1.29, 1.82) is 0 Å². The maximum Gasteiger partial charge on any atom is 0.433 e. The zero-order chi connectivity index (χ0) is 13.2. The summed E-state index contributed by atoms with van der Waals surface area (Å²) in [7, 11) is 1.63. The van der Waals surface area contributed by atoms with Gasteiger partial charge in [-0.05, 0) is 37.8 Å². The summed E-state index contributed by atoms with van der Waals surface area (Å²) < 4.78 is 43.3. The van der Waals surface area contributed by atoms with Crippen molar-refractivity contribution in [3.63, 3.8) is 0 Å². The minimum absolute atomic E-state index is 0.0203. The molecule has 1 heterocycles. The van der Waals surface area contributed by atoms with Gasteiger partial charge in [-0.3, -0.25) is 0 Å². The van der Waals surface area contributed by atoms with E-state index in [4.69, 9.17) is 4.74 Å². The summed E-state index contributed by atoms with van der Waals surface area (Å²) >= 11 is 0. The predicted octanol–water partition coefficient (Wildman–Crippen LogP) is 3.46. The summed E-state index contributed by atoms with van der Waals surface area (Å²) in [6.45, 7) is 0. The van der Waals surface area contributed by atoms with Crippen LogP contribution in [0.25, 0.3) is 0 Å². The molecule has 1 saturated carbocycles. The Morgan fingerprint density at radius 1 is 1.28 bits per heavy atom. The number of anilines is 1. The lowest BCUT2D eigenvalue weighted by atomic mass is 10.3. The number of hydrogen-bond acceptors (Lipinski definition) is 3. The molecule has 1 aromatic heterocycles. The number of nitrogens with one attached hydrogen (secondary N) is 1. The number of alkyl halides is 3. The molecule has 6 heteroatoms. The number of pyridine rings is 1. The second kappa shape index (κ2) is 5.04. The van der Waals surface area contributed by atoms with Crippen LogP contribution in [0.2, 0.25) is 0 Å². The van der Waals surface area contributed by atoms with Crippen molar-refractivity contribution < 1.29 is 17.9 Å². The van der Waals surface area contributed by atoms with E-state index in [1.165, 1.54) is 6.07 Å². The molecular formula is C12H15F3N2O. The Bertz CT molecular complexity index is 414. The molecule has 0 saturated heterocycles. The topological polar surface area (TPSA) is 34.2 Å². The summed E-state index contributed by atoms with van der Waals surface area (Å²) in [6, 6.07) is 2.30. The van der Waals surface area contributed by atoms with E-state index in [1.807, 2.05) is 0 Å². The van der Waals surface area contributed by atoms with Gasteiger partial charge in [-0.2, -0.15) is 13.2 Å². The van der Waals surface area contributed by atoms with Crippen LogP contribution in [0.5, 0.6) is 5.88 Å². The summed E-state index contributed by atoms with van der Waals surface area (Å²) in [6.07, 6.45) is -0.604. The number of halogens is 3. The van der Waals surface area contributed by atoms with Gasteiger partial charge in [0.1, 0.15) is 11.8 Å². The predicted molar refractivity (Wildman–Crippen MR) is 61.7 cm³/mol. The molecule has 0 unspecified atom stereocenters. The highest BCUT2D eigenvalue weighted by Crippen LogP contribution is 2.33. The van der Waals surface area contributed by atoms with Crippen molar-refractivity contribution in [1.82, 2.24) is 4.98 Å². The van der Waals surface area contributed by atoms with E-state index in [-0.39, 0.29) is 12.0 Å². The van der Waals surface area contributed by atoms with Crippen molar-refractivity contribution in [2.75, 3.05) is 12.4 Å². The van der Waals surface area contributed by atoms with Gasteiger partial charge in [-0.15, -0.1) is 0 Å². The first-order valence-corrected chi connectivity index (χ1v) is 5.93. The molecule has 0 bridgehead atoms. The number of nitrogens with zero attached hydrogens (tertiary/aromatic N) is 1. The highest BCUT2D eigenvalue weighted by atomic mass is 19.4. The second-order valence-corrected chi connectivity index (χ2v) is 4.32. The third kappa shape index (κ3) is 2.86. The van der Waals surface area contributed by atoms with Crippen LogP contribution in [-0.2, 0) is 6.18 Å². The van der Waals surface area contributed by atoms with Crippen LogP contribution < -0.4 is 10.1 Å². The highest BCUT2D eigenvalue weighted by Gasteiger charge is 2.33. The summed E-state index contributed by atoms with van der Waals surface area (Å²) in [5, 5.41) is 2.79. The Labute approximate surface area is 103 Å². The maximum atomic E-state index is 12.6. The van der Waals surface area contributed by atoms with Crippen LogP contribution in [0.15, 0.2) is 12.1 Å². The van der Waals surface area contributed by atoms with Crippen molar-refractivity contribution >= 4 is 5.69 Å². The first kappa shape index (κ1) is 13.0. The molecule has 2 rings (SSSR count). The van der Waals surface area contributed by atoms with Crippen LogP contribution in [0, 0.1) is 0 Å². The normalized spacial score (nSPS) is 16.9. The molecule has 100 valence electrons. The first-order chi connectivity index (χ1) is 8.50. The minimum atomic E-state index is -4.44. The van der Waals surface area contributed by atoms with Gasteiger partial charge in [0.25, 0.3) is 0 Å². The smallest absolute Gasteiger partial charge is 0.433 e. The lowest BCUT2D eigenvalue weighted by Crippen LogP contribution is -2.15.